The summed E-state index contributed by atoms with van der Waals surface area (Å²) in [5.74, 6) is 0.943. The number of fused-ring (bicyclic) bond motifs is 8. The predicted octanol–water partition coefficient (Wildman–Crippen LogP) is 14.8. The Kier molecular flexibility index (Phi) is 26.0. The Balaban J connectivity index is 0.000000116. The fourth-order valence-corrected chi connectivity index (χ4v) is 24.5. The molecule has 2 aromatic carbocycles. The summed E-state index contributed by atoms with van der Waals surface area (Å²) in [7, 11) is 3.17. The van der Waals surface area contributed by atoms with Crippen LogP contribution < -0.4 is 30.7 Å². The Hall–Kier alpha value is -7.69. The number of hydrogen-bond acceptors (Lipinski definition) is 28. The van der Waals surface area contributed by atoms with E-state index in [4.69, 9.17) is 74.8 Å². The molecular weight excluding hydrogens is 1730 g/mol. The number of nitrogens with zero attached hydrogens (tertiary/aromatic N) is 14. The summed E-state index contributed by atoms with van der Waals surface area (Å²) in [5.41, 5.74) is 11.2. The van der Waals surface area contributed by atoms with Gasteiger partial charge in [0.15, 0.2) is 0 Å². The van der Waals surface area contributed by atoms with E-state index in [0.717, 1.165) is 149 Å². The van der Waals surface area contributed by atoms with Crippen LogP contribution in [0.15, 0.2) is 128 Å². The van der Waals surface area contributed by atoms with Gasteiger partial charge >= 0.3 is 0 Å². The van der Waals surface area contributed by atoms with Crippen LogP contribution in [0.3, 0.4) is 0 Å². The van der Waals surface area contributed by atoms with E-state index in [1.807, 2.05) is 132 Å². The van der Waals surface area contributed by atoms with Crippen LogP contribution in [-0.4, -0.2) is 155 Å². The third-order valence-electron chi connectivity index (χ3n) is 24.0. The molecule has 28 nitrogen and oxygen atoms in total. The summed E-state index contributed by atoms with van der Waals surface area (Å²) >= 11 is 31.2. The molecule has 650 valence electrons. The first kappa shape index (κ1) is 87.4. The fourth-order valence-electron chi connectivity index (χ4n) is 18.7. The number of benzene rings is 2. The Morgan fingerprint density at radius 3 is 1.13 bits per heavy atom. The number of aromatic nitrogens is 14. The van der Waals surface area contributed by atoms with Gasteiger partial charge in [0.2, 0.25) is 0 Å². The number of thiophene rings is 4. The van der Waals surface area contributed by atoms with Gasteiger partial charge in [-0.2, -0.15) is 0 Å². The number of aliphatic hydroxyl groups excluding tert-OH is 4. The van der Waals surface area contributed by atoms with Gasteiger partial charge in [-0.1, -0.05) is 85.5 Å². The van der Waals surface area contributed by atoms with Gasteiger partial charge in [-0.25, -0.2) is 23.1 Å². The Morgan fingerprint density at radius 1 is 0.423 bits per heavy atom. The molecule has 10 aromatic heterocycles. The van der Waals surface area contributed by atoms with Gasteiger partial charge in [-0.05, 0) is 156 Å². The van der Waals surface area contributed by atoms with Gasteiger partial charge in [0, 0.05) is 116 Å². The van der Waals surface area contributed by atoms with E-state index in [1.54, 1.807) is 17.9 Å². The van der Waals surface area contributed by atoms with Crippen LogP contribution in [0, 0.1) is 19.7 Å². The maximum atomic E-state index is 13.8. The normalized spacial score (nSPS) is 28.1. The number of ether oxygens (including phenoxy) is 6. The molecule has 0 amide bonds. The molecule has 8 aliphatic rings. The van der Waals surface area contributed by atoms with E-state index in [0.29, 0.717) is 55.7 Å². The standard InChI is InChI=1S/C22H24ClFN4O3S.C22H25ClN4O3S.2C21H24ClN5O2S/c1-12-7-22(21-16(6-20(23)32-21)19(29)11-31-22)8-17(25-12)18-10-28(27-26-18)9-13-3-14(24)5-15(4-13)30-2;1-13-8-22(21-16(7-20(23)31-21)19(28)12-30-22)9-17(24-13)18-11-27(26-25-18)10-14-3-5-15(29-2)6-4-14;1-12-5-14(3-4-23-12)9-27-10-17(25-26-27)16-8-21(7-13(2)24-16)20-15(6-19(22)30-20)18(28)11-29-21;1-12-3-4-14(23-8-12)9-27-10-17(25-26-27)16-7-21(6-13(2)24-16)20-15(5-19(22)30-20)18(28)11-29-21/h3-6,10,12,17,19,25,29H,7-9,11H2,1-2H3;3-7,11,13,17,19,24,28H,8-10,12H2,1-2H3;3-6,10,13,16,18,24,28H,7-9,11H2,1-2H3;3-5,8,10,13,16,18,24,28H,6-7,9,11H2,1-2H3/t12-,17-,19+,22-;13-,17-,19+,22-;2*13-,16-,18+,21-/m0000/s1. The van der Waals surface area contributed by atoms with Crippen LogP contribution in [0.4, 0.5) is 4.39 Å². The number of rotatable bonds is 14. The van der Waals surface area contributed by atoms with Crippen LogP contribution in [0.1, 0.15) is 226 Å². The Morgan fingerprint density at radius 2 is 0.780 bits per heavy atom. The number of halogens is 5. The molecule has 20 rings (SSSR count). The minimum absolute atomic E-state index is 0.00237. The highest BCUT2D eigenvalue weighted by Crippen LogP contribution is 2.57. The summed E-state index contributed by atoms with van der Waals surface area (Å²) < 4.78 is 59.3. The number of nitrogens with one attached hydrogen (secondary N) is 4. The molecule has 8 aliphatic heterocycles. The summed E-state index contributed by atoms with van der Waals surface area (Å²) in [5, 5.41) is 91.0. The van der Waals surface area contributed by atoms with Gasteiger partial charge in [0.05, 0.1) is 162 Å². The van der Waals surface area contributed by atoms with Crippen LogP contribution in [0.5, 0.6) is 11.5 Å². The van der Waals surface area contributed by atoms with Crippen molar-refractivity contribution in [3.05, 3.63) is 250 Å². The molecule has 0 aliphatic carbocycles. The minimum atomic E-state index is -0.660. The average Bonchev–Trinajstić information content (AvgIpc) is 1.67. The first-order chi connectivity index (χ1) is 59.1. The summed E-state index contributed by atoms with van der Waals surface area (Å²) in [4.78, 5) is 12.8. The monoisotopic (exact) mass is 1830 g/mol. The summed E-state index contributed by atoms with van der Waals surface area (Å²) in [6.45, 7) is 15.9. The highest BCUT2D eigenvalue weighted by atomic mass is 35.5. The fraction of sp³-hybridized carbons (Fsp3) is 0.465. The van der Waals surface area contributed by atoms with Crippen LogP contribution >= 0.6 is 91.8 Å². The van der Waals surface area contributed by atoms with Crippen molar-refractivity contribution in [1.29, 1.82) is 0 Å². The lowest BCUT2D eigenvalue weighted by Crippen LogP contribution is -2.50. The van der Waals surface area contributed by atoms with E-state index in [-0.39, 0.29) is 80.6 Å². The molecule has 123 heavy (non-hydrogen) atoms. The van der Waals surface area contributed by atoms with E-state index in [2.05, 4.69) is 106 Å². The maximum absolute atomic E-state index is 13.8. The van der Waals surface area contributed by atoms with Crippen molar-refractivity contribution in [2.75, 3.05) is 40.6 Å². The number of pyridine rings is 2. The van der Waals surface area contributed by atoms with Crippen LogP contribution in [0.2, 0.25) is 17.3 Å². The van der Waals surface area contributed by atoms with E-state index in [9.17, 15) is 24.8 Å². The number of aliphatic hydroxyl groups is 4. The highest BCUT2D eigenvalue weighted by molar-refractivity contribution is 7.17. The van der Waals surface area contributed by atoms with Crippen molar-refractivity contribution in [3.63, 3.8) is 0 Å². The zero-order valence-corrected chi connectivity index (χ0v) is 75.2. The zero-order chi connectivity index (χ0) is 85.8. The average molecular weight is 1830 g/mol. The molecule has 0 saturated carbocycles. The molecule has 4 saturated heterocycles. The third kappa shape index (κ3) is 19.2. The van der Waals surface area contributed by atoms with Gasteiger partial charge in [0.25, 0.3) is 0 Å². The van der Waals surface area contributed by atoms with Gasteiger partial charge in [0.1, 0.15) is 64.1 Å². The van der Waals surface area contributed by atoms with E-state index in [1.165, 1.54) is 64.6 Å². The second kappa shape index (κ2) is 36.6. The quantitative estimate of drug-likeness (QED) is 0.0501. The zero-order valence-electron chi connectivity index (χ0n) is 68.9. The SMILES string of the molecule is COc1cc(F)cc(Cn2cc([C@@H]3C[C@]4(C[C@H](C)N3)OC[C@@H](O)c3cc(Cl)sc34)nn2)c1.COc1ccc(Cn2cc([C@@H]3C[C@]4(C[C@H](C)N3)OC[C@@H](O)c3cc(Cl)sc34)nn2)cc1.Cc1cc(Cn2cc([C@@H]3C[C@]4(C[C@H](C)N3)OC[C@@H](O)c3cc(Cl)sc34)nn2)ccn1.Cc1ccc(Cn2cc([C@@H]3C[C@]4(C[C@H](C)N3)OC[C@@H](O)c3cc(Cl)sc34)nn2)nc1. The second-order valence-corrected chi connectivity index (χ2v) is 40.3. The number of aryl methyl sites for hydroxylation is 2. The van der Waals surface area contributed by atoms with Crippen LogP contribution in [-0.2, 0) is 67.5 Å². The van der Waals surface area contributed by atoms with Crippen molar-refractivity contribution in [2.24, 2.45) is 0 Å². The van der Waals surface area contributed by atoms with Crippen molar-refractivity contribution in [2.45, 2.75) is 214 Å². The van der Waals surface area contributed by atoms with Crippen LogP contribution in [0.25, 0.3) is 0 Å². The minimum Gasteiger partial charge on any atom is -0.497 e. The largest absolute Gasteiger partial charge is 0.497 e. The lowest BCUT2D eigenvalue weighted by Gasteiger charge is -2.46. The molecule has 8 N–H and O–H groups in total. The van der Waals surface area contributed by atoms with E-state index >= 15 is 0 Å². The van der Waals surface area contributed by atoms with Crippen molar-refractivity contribution >= 4 is 91.8 Å². The van der Waals surface area contributed by atoms with Gasteiger partial charge in [-0.3, -0.25) is 9.97 Å². The molecule has 0 unspecified atom stereocenters. The topological polar surface area (TPSA) is 333 Å². The van der Waals surface area contributed by atoms with Crippen molar-refractivity contribution < 1.29 is 53.2 Å². The molecule has 0 bridgehead atoms. The van der Waals surface area contributed by atoms with Crippen molar-refractivity contribution in [3.8, 4) is 11.5 Å². The first-order valence-corrected chi connectivity index (χ1v) is 45.8. The lowest BCUT2D eigenvalue weighted by molar-refractivity contribution is -0.129. The maximum Gasteiger partial charge on any atom is 0.127 e. The molecule has 16 atom stereocenters. The number of piperidine rings is 4. The molecule has 4 spiro atoms. The molecule has 12 aromatic rings. The predicted molar refractivity (Wildman–Crippen MR) is 466 cm³/mol. The summed E-state index contributed by atoms with van der Waals surface area (Å²) in [6, 6.07) is 28.9. The first-order valence-electron chi connectivity index (χ1n) is 41.0. The number of methoxy groups -OCH3 is 2. The smallest absolute Gasteiger partial charge is 0.127 e. The third-order valence-corrected chi connectivity index (χ3v) is 29.8. The second-order valence-electron chi connectivity index (χ2n) is 33.6. The molecular formula is C86H97Cl4FN18O10S4. The van der Waals surface area contributed by atoms with Crippen molar-refractivity contribution in [1.82, 2.24) is 91.2 Å². The van der Waals surface area contributed by atoms with Gasteiger partial charge < -0.3 is 70.1 Å². The highest BCUT2D eigenvalue weighted by Gasteiger charge is 2.53. The Labute approximate surface area is 746 Å². The Bertz CT molecular complexity index is 5700. The molecule has 4 fully saturated rings. The van der Waals surface area contributed by atoms with E-state index < -0.39 is 46.8 Å². The van der Waals surface area contributed by atoms with Gasteiger partial charge in [-0.15, -0.1) is 65.7 Å². The molecule has 37 heteroatoms. The summed E-state index contributed by atoms with van der Waals surface area (Å²) in [6.07, 6.45) is 15.0. The lowest BCUT2D eigenvalue weighted by atomic mass is 9.79. The molecule has 18 heterocycles. The number of hydrogen-bond donors (Lipinski definition) is 8. The molecule has 0 radical (unpaired) electrons.